The van der Waals surface area contributed by atoms with Crippen LogP contribution in [0.1, 0.15) is 19.8 Å². The maximum atomic E-state index is 5.25. The zero-order valence-corrected chi connectivity index (χ0v) is 8.79. The van der Waals surface area contributed by atoms with Gasteiger partial charge in [0.05, 0.1) is 0 Å². The third-order valence-corrected chi connectivity index (χ3v) is 2.90. The van der Waals surface area contributed by atoms with Gasteiger partial charge in [-0.15, -0.1) is 12.3 Å². The monoisotopic (exact) mass is 180 g/mol. The Morgan fingerprint density at radius 3 is 2.85 bits per heavy atom. The summed E-state index contributed by atoms with van der Waals surface area (Å²) in [5.74, 6) is 2.70. The van der Waals surface area contributed by atoms with Crippen LogP contribution in [0.15, 0.2) is 0 Å². The van der Waals surface area contributed by atoms with Crippen LogP contribution in [-0.4, -0.2) is 49.1 Å². The Labute approximate surface area is 81.9 Å². The van der Waals surface area contributed by atoms with Crippen LogP contribution in [-0.2, 0) is 0 Å². The molecule has 0 saturated carbocycles. The van der Waals surface area contributed by atoms with E-state index in [0.717, 1.165) is 19.0 Å². The summed E-state index contributed by atoms with van der Waals surface area (Å²) in [4.78, 5) is 4.93. The highest BCUT2D eigenvalue weighted by molar-refractivity contribution is 4.87. The molecule has 1 atom stereocenters. The van der Waals surface area contributed by atoms with Crippen molar-refractivity contribution in [2.45, 2.75) is 25.8 Å². The quantitative estimate of drug-likeness (QED) is 0.599. The fourth-order valence-corrected chi connectivity index (χ4v) is 1.88. The molecule has 0 spiro atoms. The normalized spacial score (nSPS) is 25.8. The molecule has 1 aliphatic heterocycles. The minimum absolute atomic E-state index is 0.728. The van der Waals surface area contributed by atoms with Gasteiger partial charge in [0.2, 0.25) is 0 Å². The lowest BCUT2D eigenvalue weighted by Gasteiger charge is -2.38. The summed E-state index contributed by atoms with van der Waals surface area (Å²) in [6, 6.07) is 0.728. The van der Waals surface area contributed by atoms with Crippen molar-refractivity contribution in [3.8, 4) is 12.3 Å². The molecule has 0 amide bonds. The van der Waals surface area contributed by atoms with Crippen LogP contribution in [0.5, 0.6) is 0 Å². The van der Waals surface area contributed by atoms with Crippen molar-refractivity contribution in [1.82, 2.24) is 9.80 Å². The second kappa shape index (κ2) is 5.26. The van der Waals surface area contributed by atoms with E-state index in [-0.39, 0.29) is 0 Å². The fourth-order valence-electron chi connectivity index (χ4n) is 1.88. The van der Waals surface area contributed by atoms with Gasteiger partial charge >= 0.3 is 0 Å². The molecule has 1 aliphatic rings. The zero-order chi connectivity index (χ0) is 9.68. The van der Waals surface area contributed by atoms with E-state index in [4.69, 9.17) is 6.42 Å². The van der Waals surface area contributed by atoms with Crippen LogP contribution >= 0.6 is 0 Å². The van der Waals surface area contributed by atoms with E-state index in [1.165, 1.54) is 26.1 Å². The first-order valence-electron chi connectivity index (χ1n) is 5.14. The van der Waals surface area contributed by atoms with Gasteiger partial charge in [0.1, 0.15) is 0 Å². The summed E-state index contributed by atoms with van der Waals surface area (Å²) in [6.07, 6.45) is 7.38. The molecule has 1 rings (SSSR count). The van der Waals surface area contributed by atoms with Gasteiger partial charge in [0.25, 0.3) is 0 Å². The molecule has 0 aromatic heterocycles. The van der Waals surface area contributed by atoms with Crippen LogP contribution in [0, 0.1) is 12.3 Å². The highest BCUT2D eigenvalue weighted by Gasteiger charge is 2.21. The highest BCUT2D eigenvalue weighted by atomic mass is 15.3. The van der Waals surface area contributed by atoms with Gasteiger partial charge in [0.15, 0.2) is 0 Å². The van der Waals surface area contributed by atoms with Crippen molar-refractivity contribution < 1.29 is 0 Å². The minimum atomic E-state index is 0.728. The van der Waals surface area contributed by atoms with Crippen molar-refractivity contribution in [2.24, 2.45) is 0 Å². The van der Waals surface area contributed by atoms with E-state index < -0.39 is 0 Å². The van der Waals surface area contributed by atoms with Gasteiger partial charge in [0, 0.05) is 38.6 Å². The predicted octanol–water partition coefficient (Wildman–Crippen LogP) is 1.04. The standard InChI is InChI=1S/C11H20N2/c1-4-6-7-13-9-8-12(3)11(5-2)10-13/h1,11H,5-10H2,2-3H3. The summed E-state index contributed by atoms with van der Waals surface area (Å²) in [5.41, 5.74) is 0. The third-order valence-electron chi connectivity index (χ3n) is 2.90. The van der Waals surface area contributed by atoms with E-state index in [1.807, 2.05) is 0 Å². The predicted molar refractivity (Wildman–Crippen MR) is 56.6 cm³/mol. The van der Waals surface area contributed by atoms with Crippen LogP contribution in [0.25, 0.3) is 0 Å². The van der Waals surface area contributed by atoms with Gasteiger partial charge in [-0.2, -0.15) is 0 Å². The van der Waals surface area contributed by atoms with Crippen molar-refractivity contribution in [2.75, 3.05) is 33.2 Å². The maximum Gasteiger partial charge on any atom is 0.0218 e. The lowest BCUT2D eigenvalue weighted by molar-refractivity contribution is 0.0950. The molecule has 0 aliphatic carbocycles. The number of hydrogen-bond acceptors (Lipinski definition) is 2. The summed E-state index contributed by atoms with van der Waals surface area (Å²) >= 11 is 0. The third kappa shape index (κ3) is 3.02. The molecule has 1 saturated heterocycles. The molecule has 2 heteroatoms. The summed E-state index contributed by atoms with van der Waals surface area (Å²) < 4.78 is 0. The van der Waals surface area contributed by atoms with Crippen LogP contribution in [0.3, 0.4) is 0 Å². The second-order valence-electron chi connectivity index (χ2n) is 3.80. The van der Waals surface area contributed by atoms with Crippen molar-refractivity contribution in [1.29, 1.82) is 0 Å². The molecular formula is C11H20N2. The number of likely N-dealkylation sites (N-methyl/N-ethyl adjacent to an activating group) is 1. The molecule has 74 valence electrons. The lowest BCUT2D eigenvalue weighted by Crippen LogP contribution is -2.51. The van der Waals surface area contributed by atoms with E-state index >= 15 is 0 Å². The van der Waals surface area contributed by atoms with Gasteiger partial charge < -0.3 is 4.90 Å². The largest absolute Gasteiger partial charge is 0.301 e. The average Bonchev–Trinajstić information content (AvgIpc) is 2.16. The summed E-state index contributed by atoms with van der Waals surface area (Å²) in [7, 11) is 2.21. The van der Waals surface area contributed by atoms with Gasteiger partial charge in [-0.25, -0.2) is 0 Å². The Kier molecular flexibility index (Phi) is 4.27. The van der Waals surface area contributed by atoms with Crippen molar-refractivity contribution >= 4 is 0 Å². The Balaban J connectivity index is 2.32. The van der Waals surface area contributed by atoms with E-state index in [1.54, 1.807) is 0 Å². The molecule has 1 fully saturated rings. The Hall–Kier alpha value is -0.520. The summed E-state index contributed by atoms with van der Waals surface area (Å²) in [6.45, 7) is 6.87. The Bertz CT molecular complexity index is 183. The molecule has 1 heterocycles. The average molecular weight is 180 g/mol. The first-order valence-corrected chi connectivity index (χ1v) is 5.14. The molecule has 0 aromatic carbocycles. The lowest BCUT2D eigenvalue weighted by atomic mass is 10.1. The number of piperazine rings is 1. The topological polar surface area (TPSA) is 6.48 Å². The van der Waals surface area contributed by atoms with E-state index in [9.17, 15) is 0 Å². The molecular weight excluding hydrogens is 160 g/mol. The first kappa shape index (κ1) is 10.6. The highest BCUT2D eigenvalue weighted by Crippen LogP contribution is 2.10. The van der Waals surface area contributed by atoms with E-state index in [0.29, 0.717) is 0 Å². The Morgan fingerprint density at radius 2 is 2.23 bits per heavy atom. The fraction of sp³-hybridized carbons (Fsp3) is 0.818. The number of rotatable bonds is 3. The minimum Gasteiger partial charge on any atom is -0.301 e. The molecule has 0 radical (unpaired) electrons. The Morgan fingerprint density at radius 1 is 1.46 bits per heavy atom. The molecule has 2 nitrogen and oxygen atoms in total. The number of terminal acetylenes is 1. The van der Waals surface area contributed by atoms with Gasteiger partial charge in [-0.3, -0.25) is 4.90 Å². The van der Waals surface area contributed by atoms with Gasteiger partial charge in [-0.1, -0.05) is 6.92 Å². The van der Waals surface area contributed by atoms with Crippen molar-refractivity contribution in [3.63, 3.8) is 0 Å². The van der Waals surface area contributed by atoms with Gasteiger partial charge in [-0.05, 0) is 13.5 Å². The second-order valence-corrected chi connectivity index (χ2v) is 3.80. The maximum absolute atomic E-state index is 5.25. The molecule has 0 aromatic rings. The van der Waals surface area contributed by atoms with Crippen LogP contribution in [0.4, 0.5) is 0 Å². The first-order chi connectivity index (χ1) is 6.27. The van der Waals surface area contributed by atoms with Crippen LogP contribution < -0.4 is 0 Å². The zero-order valence-electron chi connectivity index (χ0n) is 8.79. The molecule has 1 unspecified atom stereocenters. The van der Waals surface area contributed by atoms with Crippen LogP contribution in [0.2, 0.25) is 0 Å². The molecule has 0 bridgehead atoms. The summed E-state index contributed by atoms with van der Waals surface area (Å²) in [5, 5.41) is 0. The SMILES string of the molecule is C#CCCN1CCN(C)C(CC)C1. The van der Waals surface area contributed by atoms with Crippen molar-refractivity contribution in [3.05, 3.63) is 0 Å². The smallest absolute Gasteiger partial charge is 0.0218 e. The molecule has 13 heavy (non-hydrogen) atoms. The van der Waals surface area contributed by atoms with E-state index in [2.05, 4.69) is 29.7 Å². The number of hydrogen-bond donors (Lipinski definition) is 0. The number of nitrogens with zero attached hydrogens (tertiary/aromatic N) is 2. The molecule has 0 N–H and O–H groups in total.